The van der Waals surface area contributed by atoms with E-state index < -0.39 is 25.4 Å². The lowest BCUT2D eigenvalue weighted by Gasteiger charge is -2.51. The van der Waals surface area contributed by atoms with Crippen LogP contribution in [0.4, 0.5) is 0 Å². The Morgan fingerprint density at radius 1 is 0.969 bits per heavy atom. The van der Waals surface area contributed by atoms with E-state index in [9.17, 15) is 0 Å². The zero-order valence-corrected chi connectivity index (χ0v) is 26.8. The molecule has 2 atom stereocenters. The number of fused-ring (bicyclic) bond motifs is 1. The topological polar surface area (TPSA) is 36.9 Å². The molecule has 0 amide bonds. The Kier molecular flexibility index (Phi) is 9.26. The van der Waals surface area contributed by atoms with Crippen molar-refractivity contribution >= 4 is 37.2 Å². The SMILES string of the molecule is CC(C)[Si]1(C(C)C)OC[C@H]2SC(CO[Si](C)(C)C(C)(C)C)=C[C@@H]2O[Si](C(C)C)(C(C)C)O1. The second-order valence-corrected chi connectivity index (χ2v) is 27.4. The molecular weight excluding hydrogens is 469 g/mol. The first-order valence-electron chi connectivity index (χ1n) is 12.5. The van der Waals surface area contributed by atoms with Crippen LogP contribution in [0.5, 0.6) is 0 Å². The Morgan fingerprint density at radius 3 is 1.91 bits per heavy atom. The van der Waals surface area contributed by atoms with Crippen LogP contribution in [0.3, 0.4) is 0 Å². The van der Waals surface area contributed by atoms with E-state index in [1.54, 1.807) is 0 Å². The van der Waals surface area contributed by atoms with Crippen LogP contribution in [0.25, 0.3) is 0 Å². The van der Waals surface area contributed by atoms with Gasteiger partial charge in [-0.1, -0.05) is 76.2 Å². The molecule has 2 rings (SSSR count). The highest BCUT2D eigenvalue weighted by atomic mass is 32.2. The molecule has 1 saturated heterocycles. The summed E-state index contributed by atoms with van der Waals surface area (Å²) in [5, 5.41) is 0.494. The van der Waals surface area contributed by atoms with Crippen LogP contribution in [0.2, 0.25) is 40.3 Å². The quantitative estimate of drug-likeness (QED) is 0.319. The van der Waals surface area contributed by atoms with Gasteiger partial charge in [0.25, 0.3) is 0 Å². The highest BCUT2D eigenvalue weighted by Gasteiger charge is 2.59. The molecule has 0 saturated carbocycles. The minimum absolute atomic E-state index is 0.0424. The molecule has 0 unspecified atom stereocenters. The molecule has 2 aliphatic heterocycles. The zero-order valence-electron chi connectivity index (χ0n) is 23.0. The van der Waals surface area contributed by atoms with Gasteiger partial charge in [0.2, 0.25) is 0 Å². The molecule has 188 valence electrons. The molecule has 0 bridgehead atoms. The maximum absolute atomic E-state index is 7.29. The number of rotatable bonds is 7. The summed E-state index contributed by atoms with van der Waals surface area (Å²) in [5.41, 5.74) is 1.49. The van der Waals surface area contributed by atoms with E-state index in [2.05, 4.69) is 95.3 Å². The van der Waals surface area contributed by atoms with Gasteiger partial charge >= 0.3 is 17.1 Å². The van der Waals surface area contributed by atoms with Gasteiger partial charge in [0.05, 0.1) is 24.6 Å². The third-order valence-electron chi connectivity index (χ3n) is 7.73. The predicted octanol–water partition coefficient (Wildman–Crippen LogP) is 7.96. The van der Waals surface area contributed by atoms with E-state index in [1.807, 2.05) is 11.8 Å². The molecule has 0 aromatic carbocycles. The van der Waals surface area contributed by atoms with Crippen LogP contribution < -0.4 is 0 Å². The second-order valence-electron chi connectivity index (χ2n) is 12.4. The van der Waals surface area contributed by atoms with Crippen molar-refractivity contribution < 1.29 is 17.4 Å². The Morgan fingerprint density at radius 2 is 1.47 bits per heavy atom. The van der Waals surface area contributed by atoms with Gasteiger partial charge in [-0.2, -0.15) is 0 Å². The lowest BCUT2D eigenvalue weighted by molar-refractivity contribution is 0.0941. The summed E-state index contributed by atoms with van der Waals surface area (Å²) >= 11 is 1.91. The minimum atomic E-state index is -2.54. The maximum Gasteiger partial charge on any atom is 0.335 e. The van der Waals surface area contributed by atoms with Crippen LogP contribution in [0.15, 0.2) is 11.0 Å². The molecular formula is C24H50O4SSi3. The highest BCUT2D eigenvalue weighted by molar-refractivity contribution is 8.04. The molecule has 2 aliphatic rings. The first-order chi connectivity index (χ1) is 14.5. The van der Waals surface area contributed by atoms with Crippen molar-refractivity contribution in [1.29, 1.82) is 0 Å². The van der Waals surface area contributed by atoms with E-state index in [0.29, 0.717) is 35.4 Å². The summed E-state index contributed by atoms with van der Waals surface area (Å²) in [4.78, 5) is 1.30. The van der Waals surface area contributed by atoms with Gasteiger partial charge < -0.3 is 17.4 Å². The molecule has 8 heteroatoms. The summed E-state index contributed by atoms with van der Waals surface area (Å²) in [6, 6.07) is 0. The number of thioether (sulfide) groups is 1. The van der Waals surface area contributed by atoms with Crippen LogP contribution in [0, 0.1) is 0 Å². The molecule has 0 aliphatic carbocycles. The van der Waals surface area contributed by atoms with E-state index in [-0.39, 0.29) is 16.4 Å². The standard InChI is InChI=1S/C24H50O4SSi3/c1-17(2)31(18(3)4)26-16-23-22(27-32(28-31,19(5)6)20(7)8)14-21(29-23)15-25-30(12,13)24(9,10)11/h14,17-20,22-23H,15-16H2,1-13H3/t22-,23+/m0/s1. The van der Waals surface area contributed by atoms with Crippen LogP contribution in [0.1, 0.15) is 76.2 Å². The summed E-state index contributed by atoms with van der Waals surface area (Å²) in [7, 11) is -6.79. The van der Waals surface area contributed by atoms with E-state index in [1.165, 1.54) is 4.91 Å². The van der Waals surface area contributed by atoms with Gasteiger partial charge in [-0.15, -0.1) is 11.8 Å². The van der Waals surface area contributed by atoms with Gasteiger partial charge in [0, 0.05) is 4.91 Å². The molecule has 1 fully saturated rings. The van der Waals surface area contributed by atoms with Gasteiger partial charge in [0.1, 0.15) is 0 Å². The Bertz CT molecular complexity index is 655. The fourth-order valence-electron chi connectivity index (χ4n) is 4.52. The number of hydrogen-bond donors (Lipinski definition) is 0. The van der Waals surface area contributed by atoms with Gasteiger partial charge in [-0.05, 0) is 46.4 Å². The van der Waals surface area contributed by atoms with Crippen molar-refractivity contribution in [3.05, 3.63) is 11.0 Å². The van der Waals surface area contributed by atoms with Crippen LogP contribution >= 0.6 is 11.8 Å². The largest absolute Gasteiger partial charge is 0.414 e. The molecule has 0 aromatic rings. The van der Waals surface area contributed by atoms with Crippen molar-refractivity contribution in [1.82, 2.24) is 0 Å². The van der Waals surface area contributed by atoms with Crippen LogP contribution in [-0.2, 0) is 17.4 Å². The van der Waals surface area contributed by atoms with Gasteiger partial charge in [0.15, 0.2) is 8.32 Å². The van der Waals surface area contributed by atoms with Crippen LogP contribution in [-0.4, -0.2) is 50.0 Å². The summed E-state index contributed by atoms with van der Waals surface area (Å²) in [5.74, 6) is 0. The average molecular weight is 519 g/mol. The fraction of sp³-hybridized carbons (Fsp3) is 0.917. The summed E-state index contributed by atoms with van der Waals surface area (Å²) < 4.78 is 27.9. The monoisotopic (exact) mass is 518 g/mol. The molecule has 0 N–H and O–H groups in total. The average Bonchev–Trinajstić information content (AvgIpc) is 2.99. The Balaban J connectivity index is 2.37. The normalized spacial score (nSPS) is 26.5. The van der Waals surface area contributed by atoms with E-state index >= 15 is 0 Å². The maximum atomic E-state index is 7.29. The summed E-state index contributed by atoms with van der Waals surface area (Å²) in [6.07, 6.45) is 2.36. The highest BCUT2D eigenvalue weighted by Crippen LogP contribution is 2.49. The van der Waals surface area contributed by atoms with Crippen molar-refractivity contribution in [2.75, 3.05) is 13.2 Å². The lowest BCUT2D eigenvalue weighted by Crippen LogP contribution is -2.64. The molecule has 0 aromatic heterocycles. The van der Waals surface area contributed by atoms with Crippen molar-refractivity contribution in [3.63, 3.8) is 0 Å². The second kappa shape index (κ2) is 10.3. The molecule has 0 radical (unpaired) electrons. The summed E-state index contributed by atoms with van der Waals surface area (Å²) in [6.45, 7) is 31.2. The predicted molar refractivity (Wildman–Crippen MR) is 146 cm³/mol. The third kappa shape index (κ3) is 5.69. The molecule has 4 nitrogen and oxygen atoms in total. The fourth-order valence-corrected chi connectivity index (χ4v) is 18.1. The Hall–Kier alpha value is 0.581. The smallest absolute Gasteiger partial charge is 0.335 e. The van der Waals surface area contributed by atoms with Crippen molar-refractivity contribution in [2.24, 2.45) is 0 Å². The van der Waals surface area contributed by atoms with Gasteiger partial charge in [-0.25, -0.2) is 0 Å². The number of hydrogen-bond acceptors (Lipinski definition) is 5. The molecule has 0 spiro atoms. The zero-order chi connectivity index (χ0) is 24.7. The molecule has 32 heavy (non-hydrogen) atoms. The minimum Gasteiger partial charge on any atom is -0.414 e. The Labute approximate surface area is 206 Å². The first-order valence-corrected chi connectivity index (χ1v) is 20.2. The first kappa shape index (κ1) is 28.8. The van der Waals surface area contributed by atoms with Crippen molar-refractivity contribution in [2.45, 2.75) is 128 Å². The lowest BCUT2D eigenvalue weighted by atomic mass is 10.2. The van der Waals surface area contributed by atoms with E-state index in [4.69, 9.17) is 17.4 Å². The third-order valence-corrected chi connectivity index (χ3v) is 23.7. The van der Waals surface area contributed by atoms with Crippen molar-refractivity contribution in [3.8, 4) is 0 Å². The van der Waals surface area contributed by atoms with Gasteiger partial charge in [-0.3, -0.25) is 0 Å². The molecule has 2 heterocycles. The van der Waals surface area contributed by atoms with E-state index in [0.717, 1.165) is 0 Å².